The Hall–Kier alpha value is -4.66. The van der Waals surface area contributed by atoms with E-state index in [0.717, 1.165) is 11.1 Å². The summed E-state index contributed by atoms with van der Waals surface area (Å²) in [6.45, 7) is -0.198. The summed E-state index contributed by atoms with van der Waals surface area (Å²) in [5, 5.41) is 15.9. The van der Waals surface area contributed by atoms with Crippen molar-refractivity contribution in [1.29, 1.82) is 0 Å². The van der Waals surface area contributed by atoms with Crippen molar-refractivity contribution in [1.82, 2.24) is 24.8 Å². The van der Waals surface area contributed by atoms with Crippen LogP contribution >= 0.6 is 0 Å². The summed E-state index contributed by atoms with van der Waals surface area (Å²) in [5.74, 6) is 0.321. The first-order valence-corrected chi connectivity index (χ1v) is 10.1. The molecule has 0 saturated heterocycles. The molecule has 0 radical (unpaired) electrons. The molecule has 0 aliphatic rings. The number of fused-ring (bicyclic) bond motifs is 1. The van der Waals surface area contributed by atoms with Crippen molar-refractivity contribution in [2.45, 2.75) is 0 Å². The number of halogens is 1. The molecule has 2 aromatic carbocycles. The lowest BCUT2D eigenvalue weighted by Gasteiger charge is -2.09. The van der Waals surface area contributed by atoms with Crippen LogP contribution < -0.4 is 10.1 Å². The first kappa shape index (κ1) is 20.3. The molecule has 9 heteroatoms. The summed E-state index contributed by atoms with van der Waals surface area (Å²) in [5.41, 5.74) is 3.57. The highest BCUT2D eigenvalue weighted by molar-refractivity contribution is 5.92. The first-order chi connectivity index (χ1) is 16.2. The van der Waals surface area contributed by atoms with E-state index >= 15 is 0 Å². The second-order valence-electron chi connectivity index (χ2n) is 7.12. The normalized spacial score (nSPS) is 10.8. The molecular formula is C24H17FN6O2. The number of hydrogen-bond donors (Lipinski definition) is 1. The maximum atomic E-state index is 13.0. The van der Waals surface area contributed by atoms with E-state index in [2.05, 4.69) is 25.6 Å². The van der Waals surface area contributed by atoms with E-state index in [0.29, 0.717) is 28.6 Å². The van der Waals surface area contributed by atoms with Crippen molar-refractivity contribution < 1.29 is 13.9 Å². The Kier molecular flexibility index (Phi) is 5.42. The topological polar surface area (TPSA) is 94.3 Å². The number of carbonyl (C=O) groups excluding carboxylic acids is 1. The molecular weight excluding hydrogens is 423 g/mol. The van der Waals surface area contributed by atoms with Gasteiger partial charge in [0.25, 0.3) is 5.91 Å². The fourth-order valence-corrected chi connectivity index (χ4v) is 3.26. The van der Waals surface area contributed by atoms with E-state index in [-0.39, 0.29) is 18.3 Å². The zero-order valence-electron chi connectivity index (χ0n) is 17.2. The van der Waals surface area contributed by atoms with Crippen LogP contribution in [-0.2, 0) is 4.79 Å². The zero-order chi connectivity index (χ0) is 22.6. The Morgan fingerprint density at radius 1 is 0.939 bits per heavy atom. The summed E-state index contributed by atoms with van der Waals surface area (Å²) < 4.78 is 20.0. The molecule has 1 amide bonds. The van der Waals surface area contributed by atoms with Crippen LogP contribution in [0.2, 0.25) is 0 Å². The fraction of sp³-hybridized carbons (Fsp3) is 0.0417. The van der Waals surface area contributed by atoms with Crippen molar-refractivity contribution in [3.05, 3.63) is 91.0 Å². The molecule has 0 bridgehead atoms. The summed E-state index contributed by atoms with van der Waals surface area (Å²) in [7, 11) is 0. The standard InChI is InChI=1S/C24H17FN6O2/c25-18-4-6-20(7-5-18)33-15-23(32)27-19-3-1-2-17(14-19)21-8-9-22-28-29-24(31(22)30-21)16-10-12-26-13-11-16/h1-14H,15H2,(H,27,32). The number of amides is 1. The van der Waals surface area contributed by atoms with Crippen LogP contribution in [0, 0.1) is 5.82 Å². The highest BCUT2D eigenvalue weighted by atomic mass is 19.1. The average Bonchev–Trinajstić information content (AvgIpc) is 3.28. The molecule has 0 aliphatic heterocycles. The van der Waals surface area contributed by atoms with Crippen molar-refractivity contribution in [3.8, 4) is 28.4 Å². The molecule has 0 aliphatic carbocycles. The van der Waals surface area contributed by atoms with Gasteiger partial charge in [0.15, 0.2) is 18.1 Å². The average molecular weight is 440 g/mol. The number of aromatic nitrogens is 5. The van der Waals surface area contributed by atoms with Crippen LogP contribution in [0.25, 0.3) is 28.3 Å². The number of nitrogens with one attached hydrogen (secondary N) is 1. The molecule has 162 valence electrons. The highest BCUT2D eigenvalue weighted by Crippen LogP contribution is 2.23. The molecule has 1 N–H and O–H groups in total. The van der Waals surface area contributed by atoms with Gasteiger partial charge < -0.3 is 10.1 Å². The van der Waals surface area contributed by atoms with E-state index in [4.69, 9.17) is 4.74 Å². The first-order valence-electron chi connectivity index (χ1n) is 10.1. The van der Waals surface area contributed by atoms with Gasteiger partial charge in [0.1, 0.15) is 11.6 Å². The van der Waals surface area contributed by atoms with Crippen molar-refractivity contribution >= 4 is 17.2 Å². The third-order valence-corrected chi connectivity index (χ3v) is 4.83. The predicted octanol–water partition coefficient (Wildman–Crippen LogP) is 4.01. The van der Waals surface area contributed by atoms with Gasteiger partial charge in [-0.25, -0.2) is 4.39 Å². The van der Waals surface area contributed by atoms with Gasteiger partial charge in [0.2, 0.25) is 0 Å². The van der Waals surface area contributed by atoms with E-state index in [1.807, 2.05) is 42.5 Å². The fourth-order valence-electron chi connectivity index (χ4n) is 3.26. The second kappa shape index (κ2) is 8.83. The lowest BCUT2D eigenvalue weighted by atomic mass is 10.1. The van der Waals surface area contributed by atoms with E-state index in [1.54, 1.807) is 23.0 Å². The van der Waals surface area contributed by atoms with Crippen molar-refractivity contribution in [3.63, 3.8) is 0 Å². The largest absolute Gasteiger partial charge is 0.484 e. The molecule has 0 spiro atoms. The summed E-state index contributed by atoms with van der Waals surface area (Å²) in [4.78, 5) is 16.3. The Morgan fingerprint density at radius 3 is 2.58 bits per heavy atom. The molecule has 5 aromatic rings. The van der Waals surface area contributed by atoms with Gasteiger partial charge in [0.05, 0.1) is 5.69 Å². The maximum absolute atomic E-state index is 13.0. The van der Waals surface area contributed by atoms with Gasteiger partial charge in [0, 0.05) is 29.2 Å². The quantitative estimate of drug-likeness (QED) is 0.429. The lowest BCUT2D eigenvalue weighted by molar-refractivity contribution is -0.118. The van der Waals surface area contributed by atoms with E-state index < -0.39 is 0 Å². The van der Waals surface area contributed by atoms with Gasteiger partial charge >= 0.3 is 0 Å². The van der Waals surface area contributed by atoms with Crippen LogP contribution in [0.1, 0.15) is 0 Å². The summed E-state index contributed by atoms with van der Waals surface area (Å²) >= 11 is 0. The van der Waals surface area contributed by atoms with E-state index in [1.165, 1.54) is 24.3 Å². The molecule has 3 heterocycles. The number of hydrogen-bond acceptors (Lipinski definition) is 6. The predicted molar refractivity (Wildman–Crippen MR) is 120 cm³/mol. The second-order valence-corrected chi connectivity index (χ2v) is 7.12. The number of anilines is 1. The van der Waals surface area contributed by atoms with Crippen molar-refractivity contribution in [2.75, 3.05) is 11.9 Å². The summed E-state index contributed by atoms with van der Waals surface area (Å²) in [6.07, 6.45) is 3.37. The number of benzene rings is 2. The number of carbonyl (C=O) groups is 1. The third-order valence-electron chi connectivity index (χ3n) is 4.83. The molecule has 5 rings (SSSR count). The molecule has 0 unspecified atom stereocenters. The molecule has 33 heavy (non-hydrogen) atoms. The number of ether oxygens (including phenoxy) is 1. The Labute approximate surface area is 187 Å². The van der Waals surface area contributed by atoms with Crippen molar-refractivity contribution in [2.24, 2.45) is 0 Å². The van der Waals surface area contributed by atoms with Gasteiger partial charge in [-0.3, -0.25) is 9.78 Å². The maximum Gasteiger partial charge on any atom is 0.262 e. The molecule has 3 aromatic heterocycles. The molecule has 0 fully saturated rings. The van der Waals surface area contributed by atoms with Gasteiger partial charge in [-0.1, -0.05) is 12.1 Å². The lowest BCUT2D eigenvalue weighted by Crippen LogP contribution is -2.20. The molecule has 0 atom stereocenters. The third kappa shape index (κ3) is 4.52. The van der Waals surface area contributed by atoms with E-state index in [9.17, 15) is 9.18 Å². The minimum absolute atomic E-state index is 0.198. The van der Waals surface area contributed by atoms with Crippen LogP contribution in [0.3, 0.4) is 0 Å². The van der Waals surface area contributed by atoms with Crippen LogP contribution in [0.15, 0.2) is 85.2 Å². The highest BCUT2D eigenvalue weighted by Gasteiger charge is 2.11. The monoisotopic (exact) mass is 440 g/mol. The summed E-state index contributed by atoms with van der Waals surface area (Å²) in [6, 6.07) is 20.2. The number of pyridine rings is 1. The molecule has 0 saturated carbocycles. The van der Waals surface area contributed by atoms with Crippen LogP contribution in [0.5, 0.6) is 5.75 Å². The minimum atomic E-state index is -0.366. The van der Waals surface area contributed by atoms with Gasteiger partial charge in [-0.15, -0.1) is 10.2 Å². The van der Waals surface area contributed by atoms with Gasteiger partial charge in [-0.05, 0) is 60.7 Å². The Balaban J connectivity index is 1.34. The SMILES string of the molecule is O=C(COc1ccc(F)cc1)Nc1cccc(-c2ccc3nnc(-c4ccncc4)n3n2)c1. The Bertz CT molecular complexity index is 1420. The van der Waals surface area contributed by atoms with Crippen LogP contribution in [0.4, 0.5) is 10.1 Å². The number of rotatable bonds is 6. The zero-order valence-corrected chi connectivity index (χ0v) is 17.2. The Morgan fingerprint density at radius 2 is 1.76 bits per heavy atom. The smallest absolute Gasteiger partial charge is 0.262 e. The number of nitrogens with zero attached hydrogens (tertiary/aromatic N) is 5. The van der Waals surface area contributed by atoms with Crippen LogP contribution in [-0.4, -0.2) is 37.3 Å². The molecule has 8 nitrogen and oxygen atoms in total. The minimum Gasteiger partial charge on any atom is -0.484 e. The van der Waals surface area contributed by atoms with Gasteiger partial charge in [-0.2, -0.15) is 9.61 Å².